The number of aliphatic hydroxyl groups excluding tert-OH is 1. The number of halogens is 1. The van der Waals surface area contributed by atoms with Crippen molar-refractivity contribution in [3.8, 4) is 0 Å². The summed E-state index contributed by atoms with van der Waals surface area (Å²) < 4.78 is 13.0. The average molecular weight is 280 g/mol. The molecule has 1 aliphatic rings. The topological polar surface area (TPSA) is 61.4 Å². The zero-order chi connectivity index (χ0) is 14.4. The summed E-state index contributed by atoms with van der Waals surface area (Å²) in [6.07, 6.45) is 4.51. The van der Waals surface area contributed by atoms with Gasteiger partial charge in [-0.1, -0.05) is 25.3 Å². The van der Waals surface area contributed by atoms with Gasteiger partial charge in [0, 0.05) is 11.7 Å². The summed E-state index contributed by atoms with van der Waals surface area (Å²) in [6.45, 7) is 0.123. The van der Waals surface area contributed by atoms with Crippen LogP contribution in [0.25, 0.3) is 0 Å². The second kappa shape index (κ2) is 7.36. The Morgan fingerprint density at radius 3 is 2.90 bits per heavy atom. The normalized spacial score (nSPS) is 23.1. The highest BCUT2D eigenvalue weighted by Crippen LogP contribution is 2.17. The lowest BCUT2D eigenvalue weighted by Gasteiger charge is -2.21. The average Bonchev–Trinajstić information content (AvgIpc) is 2.61. The molecule has 0 saturated heterocycles. The van der Waals surface area contributed by atoms with Gasteiger partial charge >= 0.3 is 0 Å². The predicted molar refractivity (Wildman–Crippen MR) is 75.9 cm³/mol. The minimum absolute atomic E-state index is 0.0317. The third-order valence-corrected chi connectivity index (χ3v) is 3.61. The van der Waals surface area contributed by atoms with E-state index in [1.54, 1.807) is 12.1 Å². The molecule has 1 amide bonds. The zero-order valence-corrected chi connectivity index (χ0v) is 11.4. The summed E-state index contributed by atoms with van der Waals surface area (Å²) >= 11 is 0. The summed E-state index contributed by atoms with van der Waals surface area (Å²) in [5.41, 5.74) is 0.443. The third kappa shape index (κ3) is 4.58. The van der Waals surface area contributed by atoms with E-state index < -0.39 is 0 Å². The molecule has 1 saturated carbocycles. The van der Waals surface area contributed by atoms with Gasteiger partial charge in [0.1, 0.15) is 5.82 Å². The van der Waals surface area contributed by atoms with Crippen molar-refractivity contribution in [3.63, 3.8) is 0 Å². The predicted octanol–water partition coefficient (Wildman–Crippen LogP) is 2.05. The summed E-state index contributed by atoms with van der Waals surface area (Å²) in [7, 11) is 0. The molecular formula is C15H21FN2O2. The monoisotopic (exact) mass is 280 g/mol. The summed E-state index contributed by atoms with van der Waals surface area (Å²) in [6, 6.07) is 5.76. The smallest absolute Gasteiger partial charge is 0.238 e. The van der Waals surface area contributed by atoms with Gasteiger partial charge < -0.3 is 15.7 Å². The Labute approximate surface area is 118 Å². The van der Waals surface area contributed by atoms with Crippen LogP contribution in [0.2, 0.25) is 0 Å². The van der Waals surface area contributed by atoms with Crippen LogP contribution in [0.3, 0.4) is 0 Å². The standard InChI is InChI=1S/C15H21FN2O2/c16-11-5-4-6-12(9-11)18-15(20)10-17-13-7-2-1-3-8-14(13)19/h4-6,9,13-14,17,19H,1-3,7-8,10H2,(H,18,20). The minimum atomic E-state index is -0.389. The molecule has 0 bridgehead atoms. The molecule has 0 aliphatic heterocycles. The SMILES string of the molecule is O=C(CNC1CCCCCC1O)Nc1cccc(F)c1. The molecule has 1 fully saturated rings. The Morgan fingerprint density at radius 2 is 2.10 bits per heavy atom. The fourth-order valence-electron chi connectivity index (χ4n) is 2.52. The van der Waals surface area contributed by atoms with Crippen LogP contribution < -0.4 is 10.6 Å². The van der Waals surface area contributed by atoms with Gasteiger partial charge in [-0.25, -0.2) is 4.39 Å². The molecule has 0 aromatic heterocycles. The molecule has 5 heteroatoms. The largest absolute Gasteiger partial charge is 0.392 e. The molecule has 1 aromatic rings. The quantitative estimate of drug-likeness (QED) is 0.740. The third-order valence-electron chi connectivity index (χ3n) is 3.61. The van der Waals surface area contributed by atoms with Gasteiger partial charge in [-0.3, -0.25) is 4.79 Å². The maximum atomic E-state index is 13.0. The molecule has 0 radical (unpaired) electrons. The lowest BCUT2D eigenvalue weighted by atomic mass is 10.1. The summed E-state index contributed by atoms with van der Waals surface area (Å²) in [5, 5.41) is 15.7. The first-order chi connectivity index (χ1) is 9.65. The maximum absolute atomic E-state index is 13.0. The van der Waals surface area contributed by atoms with Gasteiger partial charge in [-0.05, 0) is 31.0 Å². The fourth-order valence-corrected chi connectivity index (χ4v) is 2.52. The zero-order valence-electron chi connectivity index (χ0n) is 11.4. The minimum Gasteiger partial charge on any atom is -0.392 e. The van der Waals surface area contributed by atoms with E-state index in [1.807, 2.05) is 0 Å². The molecule has 110 valence electrons. The van der Waals surface area contributed by atoms with E-state index in [9.17, 15) is 14.3 Å². The Bertz CT molecular complexity index is 453. The van der Waals surface area contributed by atoms with Crippen molar-refractivity contribution in [3.05, 3.63) is 30.1 Å². The molecule has 2 rings (SSSR count). The molecule has 2 atom stereocenters. The molecular weight excluding hydrogens is 259 g/mol. The highest BCUT2D eigenvalue weighted by atomic mass is 19.1. The number of benzene rings is 1. The van der Waals surface area contributed by atoms with Crippen LogP contribution in [-0.2, 0) is 4.79 Å². The van der Waals surface area contributed by atoms with E-state index in [4.69, 9.17) is 0 Å². The molecule has 4 nitrogen and oxygen atoms in total. The number of rotatable bonds is 4. The molecule has 1 aliphatic carbocycles. The Kier molecular flexibility index (Phi) is 5.49. The van der Waals surface area contributed by atoms with Crippen LogP contribution in [0, 0.1) is 5.82 Å². The number of nitrogens with one attached hydrogen (secondary N) is 2. The van der Waals surface area contributed by atoms with Crippen LogP contribution in [0.5, 0.6) is 0 Å². The van der Waals surface area contributed by atoms with Crippen molar-refractivity contribution in [1.82, 2.24) is 5.32 Å². The highest BCUT2D eigenvalue weighted by Gasteiger charge is 2.21. The Hall–Kier alpha value is -1.46. The van der Waals surface area contributed by atoms with Gasteiger partial charge in [0.05, 0.1) is 12.6 Å². The van der Waals surface area contributed by atoms with Gasteiger partial charge in [-0.2, -0.15) is 0 Å². The Balaban J connectivity index is 1.79. The van der Waals surface area contributed by atoms with Crippen molar-refractivity contribution in [2.24, 2.45) is 0 Å². The lowest BCUT2D eigenvalue weighted by molar-refractivity contribution is -0.115. The molecule has 0 spiro atoms. The number of hydrogen-bond donors (Lipinski definition) is 3. The van der Waals surface area contributed by atoms with Crippen LogP contribution in [0.15, 0.2) is 24.3 Å². The molecule has 2 unspecified atom stereocenters. The molecule has 20 heavy (non-hydrogen) atoms. The van der Waals surface area contributed by atoms with Gasteiger partial charge in [-0.15, -0.1) is 0 Å². The first-order valence-corrected chi connectivity index (χ1v) is 7.12. The number of anilines is 1. The second-order valence-corrected chi connectivity index (χ2v) is 5.25. The highest BCUT2D eigenvalue weighted by molar-refractivity contribution is 5.92. The molecule has 1 aromatic carbocycles. The van der Waals surface area contributed by atoms with Crippen molar-refractivity contribution >= 4 is 11.6 Å². The summed E-state index contributed by atoms with van der Waals surface area (Å²) in [5.74, 6) is -0.609. The van der Waals surface area contributed by atoms with E-state index in [2.05, 4.69) is 10.6 Å². The van der Waals surface area contributed by atoms with Crippen molar-refractivity contribution in [2.75, 3.05) is 11.9 Å². The maximum Gasteiger partial charge on any atom is 0.238 e. The van der Waals surface area contributed by atoms with E-state index in [0.29, 0.717) is 5.69 Å². The van der Waals surface area contributed by atoms with Crippen LogP contribution >= 0.6 is 0 Å². The fraction of sp³-hybridized carbons (Fsp3) is 0.533. The van der Waals surface area contributed by atoms with E-state index >= 15 is 0 Å². The number of hydrogen-bond acceptors (Lipinski definition) is 3. The van der Waals surface area contributed by atoms with Crippen LogP contribution in [0.1, 0.15) is 32.1 Å². The van der Waals surface area contributed by atoms with Crippen molar-refractivity contribution in [1.29, 1.82) is 0 Å². The second-order valence-electron chi connectivity index (χ2n) is 5.25. The number of carbonyl (C=O) groups excluding carboxylic acids is 1. The number of amides is 1. The van der Waals surface area contributed by atoms with Crippen LogP contribution in [-0.4, -0.2) is 29.7 Å². The van der Waals surface area contributed by atoms with Crippen molar-refractivity contribution in [2.45, 2.75) is 44.2 Å². The van der Waals surface area contributed by atoms with Crippen molar-refractivity contribution < 1.29 is 14.3 Å². The first-order valence-electron chi connectivity index (χ1n) is 7.12. The Morgan fingerprint density at radius 1 is 1.30 bits per heavy atom. The first kappa shape index (κ1) is 14.9. The molecule has 3 N–H and O–H groups in total. The van der Waals surface area contributed by atoms with E-state index in [1.165, 1.54) is 12.1 Å². The van der Waals surface area contributed by atoms with Gasteiger partial charge in [0.2, 0.25) is 5.91 Å². The van der Waals surface area contributed by atoms with Gasteiger partial charge in [0.25, 0.3) is 0 Å². The van der Waals surface area contributed by atoms with Gasteiger partial charge in [0.15, 0.2) is 0 Å². The lowest BCUT2D eigenvalue weighted by Crippen LogP contribution is -2.42. The number of aliphatic hydroxyl groups is 1. The van der Waals surface area contributed by atoms with Crippen LogP contribution in [0.4, 0.5) is 10.1 Å². The van der Waals surface area contributed by atoms with E-state index in [-0.39, 0.29) is 30.4 Å². The summed E-state index contributed by atoms with van der Waals surface area (Å²) in [4.78, 5) is 11.8. The molecule has 0 heterocycles. The van der Waals surface area contributed by atoms with E-state index in [0.717, 1.165) is 32.1 Å². The number of carbonyl (C=O) groups is 1.